The number of nitrogens with two attached hydrogens (primary N) is 1. The van der Waals surface area contributed by atoms with E-state index in [0.29, 0.717) is 31.1 Å². The largest absolute Gasteiger partial charge is 0.352 e. The van der Waals surface area contributed by atoms with Gasteiger partial charge >= 0.3 is 0 Å². The van der Waals surface area contributed by atoms with Gasteiger partial charge in [-0.25, -0.2) is 0 Å². The normalized spacial score (nSPS) is 11.7. The van der Waals surface area contributed by atoms with Crippen LogP contribution in [0.15, 0.2) is 22.0 Å². The van der Waals surface area contributed by atoms with E-state index in [1.54, 1.807) is 11.3 Å². The number of amides is 1. The molecular weight excluding hydrogens is 300 g/mol. The Kier molecular flexibility index (Phi) is 6.63. The summed E-state index contributed by atoms with van der Waals surface area (Å²) in [5.41, 5.74) is 5.43. The number of carbonyl (C=O) groups is 1. The lowest BCUT2D eigenvalue weighted by Crippen LogP contribution is -2.37. The number of hydrogen-bond acceptors (Lipinski definition) is 6. The van der Waals surface area contributed by atoms with E-state index >= 15 is 0 Å². The molecule has 0 bridgehead atoms. The molecule has 0 unspecified atom stereocenters. The number of thiophene rings is 1. The lowest BCUT2D eigenvalue weighted by molar-refractivity contribution is -0.121. The van der Waals surface area contributed by atoms with Gasteiger partial charge in [-0.05, 0) is 18.4 Å². The Morgan fingerprint density at radius 3 is 3.05 bits per heavy atom. The molecule has 0 saturated heterocycles. The molecular formula is C12H17ClN4O2S. The zero-order chi connectivity index (χ0) is 13.7. The highest BCUT2D eigenvalue weighted by atomic mass is 35.5. The zero-order valence-electron chi connectivity index (χ0n) is 11.0. The van der Waals surface area contributed by atoms with Gasteiger partial charge in [0.1, 0.15) is 0 Å². The lowest BCUT2D eigenvalue weighted by atomic mass is 10.2. The molecule has 2 aromatic heterocycles. The first kappa shape index (κ1) is 16.6. The number of hydrogen-bond donors (Lipinski definition) is 2. The molecule has 0 radical (unpaired) electrons. The molecule has 0 fully saturated rings. The summed E-state index contributed by atoms with van der Waals surface area (Å²) in [5.74, 6) is 0.980. The van der Waals surface area contributed by atoms with E-state index in [0.717, 1.165) is 4.88 Å². The molecule has 2 rings (SSSR count). The van der Waals surface area contributed by atoms with Gasteiger partial charge < -0.3 is 15.6 Å². The highest BCUT2D eigenvalue weighted by Gasteiger charge is 2.12. The third-order valence-corrected chi connectivity index (χ3v) is 3.40. The van der Waals surface area contributed by atoms with Crippen LogP contribution < -0.4 is 11.1 Å². The van der Waals surface area contributed by atoms with Crippen molar-refractivity contribution in [3.63, 3.8) is 0 Å². The van der Waals surface area contributed by atoms with E-state index in [2.05, 4.69) is 15.5 Å². The van der Waals surface area contributed by atoms with E-state index in [1.807, 2.05) is 24.4 Å². The molecule has 8 heteroatoms. The van der Waals surface area contributed by atoms with Gasteiger partial charge in [0.2, 0.25) is 17.6 Å². The van der Waals surface area contributed by atoms with Gasteiger partial charge in [-0.15, -0.1) is 23.7 Å². The predicted octanol–water partition coefficient (Wildman–Crippen LogP) is 1.62. The van der Waals surface area contributed by atoms with Gasteiger partial charge in [0.25, 0.3) is 0 Å². The van der Waals surface area contributed by atoms with Gasteiger partial charge in [0, 0.05) is 25.4 Å². The van der Waals surface area contributed by atoms with Crippen LogP contribution in [0.25, 0.3) is 10.7 Å². The highest BCUT2D eigenvalue weighted by molar-refractivity contribution is 7.13. The minimum atomic E-state index is -0.0613. The van der Waals surface area contributed by atoms with Crippen molar-refractivity contribution in [2.45, 2.75) is 25.8 Å². The Morgan fingerprint density at radius 2 is 2.40 bits per heavy atom. The first-order valence-corrected chi connectivity index (χ1v) is 6.93. The smallest absolute Gasteiger partial charge is 0.227 e. The van der Waals surface area contributed by atoms with Crippen LogP contribution in [0.2, 0.25) is 0 Å². The summed E-state index contributed by atoms with van der Waals surface area (Å²) in [5, 5.41) is 8.62. The summed E-state index contributed by atoms with van der Waals surface area (Å²) >= 11 is 1.55. The van der Waals surface area contributed by atoms with Gasteiger partial charge in [-0.1, -0.05) is 11.2 Å². The van der Waals surface area contributed by atoms with E-state index in [9.17, 15) is 4.79 Å². The van der Waals surface area contributed by atoms with Crippen molar-refractivity contribution in [3.8, 4) is 10.7 Å². The summed E-state index contributed by atoms with van der Waals surface area (Å²) in [6.45, 7) is 2.29. The quantitative estimate of drug-likeness (QED) is 0.844. The average molecular weight is 317 g/mol. The third kappa shape index (κ3) is 4.59. The Morgan fingerprint density at radius 1 is 1.60 bits per heavy atom. The zero-order valence-corrected chi connectivity index (χ0v) is 12.7. The van der Waals surface area contributed by atoms with Crippen molar-refractivity contribution in [1.82, 2.24) is 15.5 Å². The molecule has 0 aromatic carbocycles. The number of carbonyl (C=O) groups excluding carboxylic acids is 1. The molecule has 2 aromatic rings. The second kappa shape index (κ2) is 7.98. The first-order valence-electron chi connectivity index (χ1n) is 6.05. The van der Waals surface area contributed by atoms with Crippen LogP contribution in [-0.4, -0.2) is 28.6 Å². The lowest BCUT2D eigenvalue weighted by Gasteiger charge is -2.09. The van der Waals surface area contributed by atoms with Crippen LogP contribution in [0.5, 0.6) is 0 Å². The van der Waals surface area contributed by atoms with Crippen LogP contribution >= 0.6 is 23.7 Å². The van der Waals surface area contributed by atoms with E-state index in [-0.39, 0.29) is 24.4 Å². The number of nitrogens with zero attached hydrogens (tertiary/aromatic N) is 2. The monoisotopic (exact) mass is 316 g/mol. The fraction of sp³-hybridized carbons (Fsp3) is 0.417. The SMILES string of the molecule is C[C@@H](CN)NC(=O)CCc1nc(-c2cccs2)no1.Cl. The Bertz CT molecular complexity index is 529. The summed E-state index contributed by atoms with van der Waals surface area (Å²) in [6.07, 6.45) is 0.748. The van der Waals surface area contributed by atoms with Crippen molar-refractivity contribution in [2.75, 3.05) is 6.54 Å². The van der Waals surface area contributed by atoms with Crippen LogP contribution in [0.1, 0.15) is 19.2 Å². The molecule has 2 heterocycles. The molecule has 20 heavy (non-hydrogen) atoms. The van der Waals surface area contributed by atoms with Gasteiger partial charge in [-0.2, -0.15) is 4.98 Å². The second-order valence-electron chi connectivity index (χ2n) is 4.19. The minimum absolute atomic E-state index is 0. The Balaban J connectivity index is 0.00000200. The molecule has 0 aliphatic carbocycles. The summed E-state index contributed by atoms with van der Waals surface area (Å²) in [6, 6.07) is 3.84. The molecule has 0 saturated carbocycles. The van der Waals surface area contributed by atoms with Gasteiger partial charge in [-0.3, -0.25) is 4.79 Å². The van der Waals surface area contributed by atoms with Crippen molar-refractivity contribution in [3.05, 3.63) is 23.4 Å². The summed E-state index contributed by atoms with van der Waals surface area (Å²) in [4.78, 5) is 16.8. The van der Waals surface area contributed by atoms with Crippen molar-refractivity contribution < 1.29 is 9.32 Å². The fourth-order valence-corrected chi connectivity index (χ4v) is 2.14. The molecule has 0 aliphatic heterocycles. The van der Waals surface area contributed by atoms with Crippen LogP contribution in [0.4, 0.5) is 0 Å². The molecule has 0 aliphatic rings. The Hall–Kier alpha value is -1.44. The minimum Gasteiger partial charge on any atom is -0.352 e. The van der Waals surface area contributed by atoms with Crippen molar-refractivity contribution in [2.24, 2.45) is 5.73 Å². The van der Waals surface area contributed by atoms with Crippen LogP contribution in [0, 0.1) is 0 Å². The highest BCUT2D eigenvalue weighted by Crippen LogP contribution is 2.21. The van der Waals surface area contributed by atoms with Crippen LogP contribution in [0.3, 0.4) is 0 Å². The Labute approximate surface area is 127 Å². The standard InChI is InChI=1S/C12H16N4O2S.ClH/c1-8(7-13)14-10(17)4-5-11-15-12(16-18-11)9-3-2-6-19-9;/h2-3,6,8H,4-5,7,13H2,1H3,(H,14,17);1H/t8-;/m0./s1. The summed E-state index contributed by atoms with van der Waals surface area (Å²) in [7, 11) is 0. The number of aromatic nitrogens is 2. The first-order chi connectivity index (χ1) is 9.19. The van der Waals surface area contributed by atoms with E-state index in [4.69, 9.17) is 10.3 Å². The maximum Gasteiger partial charge on any atom is 0.227 e. The van der Waals surface area contributed by atoms with Gasteiger partial charge in [0.15, 0.2) is 0 Å². The maximum atomic E-state index is 11.6. The molecule has 1 atom stereocenters. The summed E-state index contributed by atoms with van der Waals surface area (Å²) < 4.78 is 5.11. The average Bonchev–Trinajstić information content (AvgIpc) is 3.06. The second-order valence-corrected chi connectivity index (χ2v) is 5.14. The fourth-order valence-electron chi connectivity index (χ4n) is 1.49. The van der Waals surface area contributed by atoms with E-state index in [1.165, 1.54) is 0 Å². The number of aryl methyl sites for hydroxylation is 1. The third-order valence-electron chi connectivity index (χ3n) is 2.54. The van der Waals surface area contributed by atoms with Crippen LogP contribution in [-0.2, 0) is 11.2 Å². The molecule has 110 valence electrons. The molecule has 0 spiro atoms. The van der Waals surface area contributed by atoms with Crippen molar-refractivity contribution >= 4 is 29.7 Å². The molecule has 6 nitrogen and oxygen atoms in total. The number of halogens is 1. The van der Waals surface area contributed by atoms with E-state index < -0.39 is 0 Å². The molecule has 3 N–H and O–H groups in total. The molecule has 1 amide bonds. The van der Waals surface area contributed by atoms with Crippen molar-refractivity contribution in [1.29, 1.82) is 0 Å². The number of nitrogens with one attached hydrogen (secondary N) is 1. The topological polar surface area (TPSA) is 94.0 Å². The predicted molar refractivity (Wildman–Crippen MR) is 79.8 cm³/mol. The number of rotatable bonds is 6. The van der Waals surface area contributed by atoms with Gasteiger partial charge in [0.05, 0.1) is 4.88 Å². The maximum absolute atomic E-state index is 11.6.